The van der Waals surface area contributed by atoms with E-state index in [9.17, 15) is 9.59 Å². The number of benzene rings is 1. The third kappa shape index (κ3) is 2.19. The number of ketones is 1. The molecule has 110 valence electrons. The summed E-state index contributed by atoms with van der Waals surface area (Å²) in [5, 5.41) is 0. The van der Waals surface area contributed by atoms with Crippen LogP contribution >= 0.6 is 0 Å². The molecule has 3 rings (SSSR count). The fraction of sp³-hybridized carbons (Fsp3) is 0.471. The van der Waals surface area contributed by atoms with E-state index in [1.54, 1.807) is 0 Å². The second-order valence-electron chi connectivity index (χ2n) is 6.13. The molecule has 21 heavy (non-hydrogen) atoms. The molecule has 0 amide bonds. The molecule has 0 aliphatic carbocycles. The SMILES string of the molecule is CC(C)C(=O)C1=N[C@H](c2ccccc2)[C@@]2(CCOC2=O)C1. The van der Waals surface area contributed by atoms with E-state index in [1.165, 1.54) is 0 Å². The first-order valence-electron chi connectivity index (χ1n) is 7.37. The molecule has 4 heteroatoms. The molecule has 1 aromatic carbocycles. The highest BCUT2D eigenvalue weighted by atomic mass is 16.5. The first-order valence-corrected chi connectivity index (χ1v) is 7.37. The van der Waals surface area contributed by atoms with Crippen molar-refractivity contribution < 1.29 is 14.3 Å². The standard InChI is InChI=1S/C17H19NO3/c1-11(2)14(19)13-10-17(8-9-21-16(17)20)15(18-13)12-6-4-3-5-7-12/h3-7,11,15H,8-10H2,1-2H3/t15-,17-/m1/s1. The van der Waals surface area contributed by atoms with Gasteiger partial charge in [-0.3, -0.25) is 14.6 Å². The average Bonchev–Trinajstić information content (AvgIpc) is 3.04. The minimum absolute atomic E-state index is 0.0347. The fourth-order valence-electron chi connectivity index (χ4n) is 3.21. The molecule has 2 atom stereocenters. The number of esters is 1. The van der Waals surface area contributed by atoms with Gasteiger partial charge >= 0.3 is 5.97 Å². The minimum atomic E-state index is -0.679. The Balaban J connectivity index is 2.03. The van der Waals surface area contributed by atoms with Crippen LogP contribution in [-0.2, 0) is 14.3 Å². The molecular formula is C17H19NO3. The van der Waals surface area contributed by atoms with E-state index in [-0.39, 0.29) is 23.7 Å². The van der Waals surface area contributed by atoms with E-state index < -0.39 is 5.41 Å². The summed E-state index contributed by atoms with van der Waals surface area (Å²) >= 11 is 0. The van der Waals surface area contributed by atoms with Crippen molar-refractivity contribution in [1.29, 1.82) is 0 Å². The first-order chi connectivity index (χ1) is 10.0. The molecule has 1 saturated heterocycles. The highest BCUT2D eigenvalue weighted by Gasteiger charge is 2.56. The maximum atomic E-state index is 12.3. The Kier molecular flexibility index (Phi) is 3.40. The van der Waals surface area contributed by atoms with Crippen molar-refractivity contribution in [3.63, 3.8) is 0 Å². The largest absolute Gasteiger partial charge is 0.465 e. The van der Waals surface area contributed by atoms with E-state index in [2.05, 4.69) is 4.99 Å². The van der Waals surface area contributed by atoms with Crippen molar-refractivity contribution in [3.8, 4) is 0 Å². The molecule has 1 spiro atoms. The number of carbonyl (C=O) groups is 2. The number of rotatable bonds is 3. The topological polar surface area (TPSA) is 55.7 Å². The van der Waals surface area contributed by atoms with Gasteiger partial charge in [-0.25, -0.2) is 0 Å². The van der Waals surface area contributed by atoms with Crippen LogP contribution in [-0.4, -0.2) is 24.1 Å². The highest BCUT2D eigenvalue weighted by Crippen LogP contribution is 2.51. The molecule has 0 bridgehead atoms. The number of cyclic esters (lactones) is 1. The van der Waals surface area contributed by atoms with E-state index in [0.29, 0.717) is 25.2 Å². The molecule has 0 aromatic heterocycles. The molecule has 2 aliphatic heterocycles. The maximum absolute atomic E-state index is 12.3. The second kappa shape index (κ2) is 5.10. The van der Waals surface area contributed by atoms with Crippen LogP contribution in [0.3, 0.4) is 0 Å². The zero-order valence-corrected chi connectivity index (χ0v) is 12.3. The number of Topliss-reactive ketones (excluding diaryl/α,β-unsaturated/α-hetero) is 1. The minimum Gasteiger partial charge on any atom is -0.465 e. The quantitative estimate of drug-likeness (QED) is 0.802. The molecule has 0 unspecified atom stereocenters. The van der Waals surface area contributed by atoms with E-state index in [1.807, 2.05) is 44.2 Å². The number of carbonyl (C=O) groups excluding carboxylic acids is 2. The summed E-state index contributed by atoms with van der Waals surface area (Å²) in [5.74, 6) is -0.285. The Morgan fingerprint density at radius 3 is 2.62 bits per heavy atom. The first kappa shape index (κ1) is 14.0. The summed E-state index contributed by atoms with van der Waals surface area (Å²) in [7, 11) is 0. The van der Waals surface area contributed by atoms with Crippen LogP contribution < -0.4 is 0 Å². The number of hydrogen-bond acceptors (Lipinski definition) is 4. The van der Waals surface area contributed by atoms with Gasteiger partial charge in [-0.1, -0.05) is 44.2 Å². The zero-order valence-electron chi connectivity index (χ0n) is 12.3. The van der Waals surface area contributed by atoms with Crippen LogP contribution in [0.4, 0.5) is 0 Å². The number of hydrogen-bond donors (Lipinski definition) is 0. The van der Waals surface area contributed by atoms with E-state index in [4.69, 9.17) is 4.74 Å². The Morgan fingerprint density at radius 2 is 2.05 bits per heavy atom. The molecular weight excluding hydrogens is 266 g/mol. The average molecular weight is 285 g/mol. The monoisotopic (exact) mass is 285 g/mol. The predicted octanol–water partition coefficient (Wildman–Crippen LogP) is 2.73. The third-order valence-corrected chi connectivity index (χ3v) is 4.40. The van der Waals surface area contributed by atoms with E-state index in [0.717, 1.165) is 5.56 Å². The van der Waals surface area contributed by atoms with Gasteiger partial charge in [0, 0.05) is 18.8 Å². The Hall–Kier alpha value is -1.97. The van der Waals surface area contributed by atoms with Gasteiger partial charge < -0.3 is 4.74 Å². The van der Waals surface area contributed by atoms with Crippen molar-refractivity contribution >= 4 is 17.5 Å². The number of nitrogens with zero attached hydrogens (tertiary/aromatic N) is 1. The van der Waals surface area contributed by atoms with Gasteiger partial charge in [-0.05, 0) is 5.56 Å². The molecule has 2 heterocycles. The smallest absolute Gasteiger partial charge is 0.315 e. The molecule has 1 fully saturated rings. The van der Waals surface area contributed by atoms with Crippen molar-refractivity contribution in [2.24, 2.45) is 16.3 Å². The summed E-state index contributed by atoms with van der Waals surface area (Å²) in [6, 6.07) is 9.42. The highest BCUT2D eigenvalue weighted by molar-refractivity contribution is 6.41. The summed E-state index contributed by atoms with van der Waals surface area (Å²) in [4.78, 5) is 29.2. The lowest BCUT2D eigenvalue weighted by Crippen LogP contribution is -2.32. The van der Waals surface area contributed by atoms with Crippen LogP contribution in [0.2, 0.25) is 0 Å². The number of aliphatic imine (C=N–C) groups is 1. The summed E-state index contributed by atoms with van der Waals surface area (Å²) in [6.45, 7) is 4.14. The molecule has 2 aliphatic rings. The summed E-state index contributed by atoms with van der Waals surface area (Å²) < 4.78 is 5.21. The molecule has 0 saturated carbocycles. The van der Waals surface area contributed by atoms with Crippen molar-refractivity contribution in [2.45, 2.75) is 32.7 Å². The Labute approximate surface area is 124 Å². The van der Waals surface area contributed by atoms with Crippen molar-refractivity contribution in [2.75, 3.05) is 6.61 Å². The van der Waals surface area contributed by atoms with Crippen molar-refractivity contribution in [3.05, 3.63) is 35.9 Å². The zero-order chi connectivity index (χ0) is 15.0. The van der Waals surface area contributed by atoms with Crippen LogP contribution in [0, 0.1) is 11.3 Å². The lowest BCUT2D eigenvalue weighted by atomic mass is 9.74. The lowest BCUT2D eigenvalue weighted by Gasteiger charge is -2.25. The van der Waals surface area contributed by atoms with Gasteiger partial charge in [0.2, 0.25) is 0 Å². The number of ether oxygens (including phenoxy) is 1. The second-order valence-corrected chi connectivity index (χ2v) is 6.13. The van der Waals surface area contributed by atoms with E-state index >= 15 is 0 Å². The van der Waals surface area contributed by atoms with Crippen LogP contribution in [0.15, 0.2) is 35.3 Å². The van der Waals surface area contributed by atoms with Gasteiger partial charge in [-0.15, -0.1) is 0 Å². The Morgan fingerprint density at radius 1 is 1.33 bits per heavy atom. The van der Waals surface area contributed by atoms with Gasteiger partial charge in [0.1, 0.15) is 5.41 Å². The van der Waals surface area contributed by atoms with Gasteiger partial charge in [0.25, 0.3) is 0 Å². The fourth-order valence-corrected chi connectivity index (χ4v) is 3.21. The molecule has 4 nitrogen and oxygen atoms in total. The maximum Gasteiger partial charge on any atom is 0.315 e. The van der Waals surface area contributed by atoms with Crippen LogP contribution in [0.25, 0.3) is 0 Å². The Bertz CT molecular complexity index is 606. The summed E-state index contributed by atoms with van der Waals surface area (Å²) in [5.41, 5.74) is 0.835. The molecule has 0 N–H and O–H groups in total. The van der Waals surface area contributed by atoms with Gasteiger partial charge in [0.15, 0.2) is 5.78 Å². The third-order valence-electron chi connectivity index (χ3n) is 4.40. The van der Waals surface area contributed by atoms with Gasteiger partial charge in [-0.2, -0.15) is 0 Å². The normalized spacial score (nSPS) is 28.0. The van der Waals surface area contributed by atoms with Crippen LogP contribution in [0.1, 0.15) is 38.3 Å². The van der Waals surface area contributed by atoms with Crippen LogP contribution in [0.5, 0.6) is 0 Å². The molecule has 1 aromatic rings. The van der Waals surface area contributed by atoms with Gasteiger partial charge in [0.05, 0.1) is 18.4 Å². The molecule has 0 radical (unpaired) electrons. The lowest BCUT2D eigenvalue weighted by molar-refractivity contribution is -0.146. The summed E-state index contributed by atoms with van der Waals surface area (Å²) in [6.07, 6.45) is 1.03. The predicted molar refractivity (Wildman–Crippen MR) is 79.1 cm³/mol. The van der Waals surface area contributed by atoms with Crippen molar-refractivity contribution in [1.82, 2.24) is 0 Å².